The summed E-state index contributed by atoms with van der Waals surface area (Å²) in [7, 11) is 0. The Labute approximate surface area is 120 Å². The fourth-order valence-corrected chi connectivity index (χ4v) is 1.95. The summed E-state index contributed by atoms with van der Waals surface area (Å²) in [6, 6.07) is 10.5. The predicted molar refractivity (Wildman–Crippen MR) is 77.1 cm³/mol. The second-order valence-corrected chi connectivity index (χ2v) is 5.15. The standard InChI is InChI=1S/C15H13BrO3/c1-9-8-12(4-5-13(9)16)19-14-6-3-11(15(17)18)7-10(14)2/h3-8H,1-2H3,(H,17,18). The van der Waals surface area contributed by atoms with Gasteiger partial charge in [0.25, 0.3) is 0 Å². The van der Waals surface area contributed by atoms with Crippen LogP contribution < -0.4 is 4.74 Å². The lowest BCUT2D eigenvalue weighted by Crippen LogP contribution is -1.97. The molecule has 0 aliphatic carbocycles. The van der Waals surface area contributed by atoms with Crippen LogP contribution in [0.15, 0.2) is 40.9 Å². The second kappa shape index (κ2) is 5.45. The molecule has 0 aliphatic rings. The summed E-state index contributed by atoms with van der Waals surface area (Å²) in [5, 5.41) is 8.91. The molecule has 2 aromatic carbocycles. The molecule has 0 atom stereocenters. The van der Waals surface area contributed by atoms with E-state index in [0.29, 0.717) is 5.75 Å². The van der Waals surface area contributed by atoms with Crippen LogP contribution in [0.25, 0.3) is 0 Å². The topological polar surface area (TPSA) is 46.5 Å². The Morgan fingerprint density at radius 2 is 1.84 bits per heavy atom. The zero-order chi connectivity index (χ0) is 14.0. The summed E-state index contributed by atoms with van der Waals surface area (Å²) in [6.07, 6.45) is 0. The first kappa shape index (κ1) is 13.6. The zero-order valence-corrected chi connectivity index (χ0v) is 12.2. The highest BCUT2D eigenvalue weighted by molar-refractivity contribution is 9.10. The van der Waals surface area contributed by atoms with Crippen molar-refractivity contribution >= 4 is 21.9 Å². The van der Waals surface area contributed by atoms with Gasteiger partial charge in [0.05, 0.1) is 5.56 Å². The maximum absolute atomic E-state index is 10.9. The summed E-state index contributed by atoms with van der Waals surface area (Å²) < 4.78 is 6.79. The molecular weight excluding hydrogens is 308 g/mol. The normalized spacial score (nSPS) is 10.3. The molecule has 0 saturated carbocycles. The van der Waals surface area contributed by atoms with Crippen molar-refractivity contribution < 1.29 is 14.6 Å². The van der Waals surface area contributed by atoms with E-state index in [2.05, 4.69) is 15.9 Å². The van der Waals surface area contributed by atoms with Crippen molar-refractivity contribution in [3.8, 4) is 11.5 Å². The lowest BCUT2D eigenvalue weighted by molar-refractivity contribution is 0.0697. The highest BCUT2D eigenvalue weighted by Gasteiger charge is 2.07. The van der Waals surface area contributed by atoms with Gasteiger partial charge in [0.2, 0.25) is 0 Å². The molecule has 0 aromatic heterocycles. The lowest BCUT2D eigenvalue weighted by Gasteiger charge is -2.10. The minimum atomic E-state index is -0.936. The van der Waals surface area contributed by atoms with E-state index in [1.807, 2.05) is 32.0 Å². The van der Waals surface area contributed by atoms with Crippen molar-refractivity contribution in [1.29, 1.82) is 0 Å². The smallest absolute Gasteiger partial charge is 0.335 e. The molecule has 3 nitrogen and oxygen atoms in total. The Hall–Kier alpha value is -1.81. The number of aryl methyl sites for hydroxylation is 2. The summed E-state index contributed by atoms with van der Waals surface area (Å²) in [4.78, 5) is 10.9. The van der Waals surface area contributed by atoms with E-state index < -0.39 is 5.97 Å². The van der Waals surface area contributed by atoms with E-state index >= 15 is 0 Å². The average molecular weight is 321 g/mol. The molecule has 0 fully saturated rings. The van der Waals surface area contributed by atoms with Gasteiger partial charge in [-0.05, 0) is 61.4 Å². The van der Waals surface area contributed by atoms with Crippen molar-refractivity contribution in [1.82, 2.24) is 0 Å². The van der Waals surface area contributed by atoms with Gasteiger partial charge in [-0.1, -0.05) is 15.9 Å². The van der Waals surface area contributed by atoms with Gasteiger partial charge < -0.3 is 9.84 Å². The van der Waals surface area contributed by atoms with Gasteiger partial charge in [0.1, 0.15) is 11.5 Å². The molecule has 0 bridgehead atoms. The van der Waals surface area contributed by atoms with Crippen LogP contribution in [0, 0.1) is 13.8 Å². The van der Waals surface area contributed by atoms with Crippen LogP contribution in [0.3, 0.4) is 0 Å². The minimum Gasteiger partial charge on any atom is -0.478 e. The molecule has 1 N–H and O–H groups in total. The van der Waals surface area contributed by atoms with Gasteiger partial charge >= 0.3 is 5.97 Å². The van der Waals surface area contributed by atoms with E-state index in [1.165, 1.54) is 6.07 Å². The van der Waals surface area contributed by atoms with Crippen LogP contribution in [-0.4, -0.2) is 11.1 Å². The van der Waals surface area contributed by atoms with Crippen LogP contribution in [0.1, 0.15) is 21.5 Å². The van der Waals surface area contributed by atoms with Gasteiger partial charge in [-0.15, -0.1) is 0 Å². The number of hydrogen-bond acceptors (Lipinski definition) is 2. The van der Waals surface area contributed by atoms with Gasteiger partial charge in [-0.2, -0.15) is 0 Å². The SMILES string of the molecule is Cc1cc(Oc2ccc(C(=O)O)cc2C)ccc1Br. The molecule has 4 heteroatoms. The average Bonchev–Trinajstić information content (AvgIpc) is 2.36. The first-order valence-corrected chi connectivity index (χ1v) is 6.54. The molecule has 0 amide bonds. The summed E-state index contributed by atoms with van der Waals surface area (Å²) in [5.41, 5.74) is 2.13. The van der Waals surface area contributed by atoms with Crippen LogP contribution in [0.2, 0.25) is 0 Å². The fourth-order valence-electron chi connectivity index (χ4n) is 1.70. The predicted octanol–water partition coefficient (Wildman–Crippen LogP) is 4.56. The molecule has 0 saturated heterocycles. The van der Waals surface area contributed by atoms with Crippen molar-refractivity contribution in [3.63, 3.8) is 0 Å². The second-order valence-electron chi connectivity index (χ2n) is 4.30. The monoisotopic (exact) mass is 320 g/mol. The minimum absolute atomic E-state index is 0.261. The van der Waals surface area contributed by atoms with Crippen LogP contribution in [-0.2, 0) is 0 Å². The van der Waals surface area contributed by atoms with Crippen molar-refractivity contribution in [2.75, 3.05) is 0 Å². The molecule has 2 aromatic rings. The molecule has 19 heavy (non-hydrogen) atoms. The third-order valence-electron chi connectivity index (χ3n) is 2.78. The van der Waals surface area contributed by atoms with E-state index in [4.69, 9.17) is 9.84 Å². The van der Waals surface area contributed by atoms with Gasteiger partial charge in [-0.3, -0.25) is 0 Å². The molecule has 0 spiro atoms. The maximum Gasteiger partial charge on any atom is 0.335 e. The molecule has 0 radical (unpaired) electrons. The lowest BCUT2D eigenvalue weighted by atomic mass is 10.1. The number of hydrogen-bond donors (Lipinski definition) is 1. The van der Waals surface area contributed by atoms with Crippen molar-refractivity contribution in [3.05, 3.63) is 57.6 Å². The third-order valence-corrected chi connectivity index (χ3v) is 3.67. The third kappa shape index (κ3) is 3.15. The Kier molecular flexibility index (Phi) is 3.90. The highest BCUT2D eigenvalue weighted by Crippen LogP contribution is 2.28. The maximum atomic E-state index is 10.9. The van der Waals surface area contributed by atoms with E-state index in [9.17, 15) is 4.79 Å². The van der Waals surface area contributed by atoms with Crippen molar-refractivity contribution in [2.45, 2.75) is 13.8 Å². The van der Waals surface area contributed by atoms with Gasteiger partial charge in [0, 0.05) is 4.47 Å². The number of carboxylic acid groups (broad SMARTS) is 1. The van der Waals surface area contributed by atoms with E-state index in [0.717, 1.165) is 21.3 Å². The Balaban J connectivity index is 2.28. The molecule has 2 rings (SSSR count). The Morgan fingerprint density at radius 3 is 2.42 bits per heavy atom. The van der Waals surface area contributed by atoms with Crippen molar-refractivity contribution in [2.24, 2.45) is 0 Å². The molecule has 98 valence electrons. The molecule has 0 unspecified atom stereocenters. The van der Waals surface area contributed by atoms with Gasteiger partial charge in [-0.25, -0.2) is 4.79 Å². The number of benzene rings is 2. The van der Waals surface area contributed by atoms with Crippen LogP contribution in [0.4, 0.5) is 0 Å². The number of rotatable bonds is 3. The Bertz CT molecular complexity index is 635. The molecule has 0 heterocycles. The number of aromatic carboxylic acids is 1. The highest BCUT2D eigenvalue weighted by atomic mass is 79.9. The number of ether oxygens (including phenoxy) is 1. The van der Waals surface area contributed by atoms with E-state index in [1.54, 1.807) is 12.1 Å². The summed E-state index contributed by atoms with van der Waals surface area (Å²) in [5.74, 6) is 0.452. The zero-order valence-electron chi connectivity index (χ0n) is 10.6. The first-order chi connectivity index (χ1) is 8.97. The first-order valence-electron chi connectivity index (χ1n) is 5.75. The van der Waals surface area contributed by atoms with E-state index in [-0.39, 0.29) is 5.56 Å². The number of carbonyl (C=O) groups is 1. The summed E-state index contributed by atoms with van der Waals surface area (Å²) in [6.45, 7) is 3.81. The fraction of sp³-hybridized carbons (Fsp3) is 0.133. The summed E-state index contributed by atoms with van der Waals surface area (Å²) >= 11 is 3.43. The molecular formula is C15H13BrO3. The quantitative estimate of drug-likeness (QED) is 0.902. The number of carboxylic acids is 1. The van der Waals surface area contributed by atoms with Crippen LogP contribution >= 0.6 is 15.9 Å². The number of halogens is 1. The van der Waals surface area contributed by atoms with Gasteiger partial charge in [0.15, 0.2) is 0 Å². The molecule has 0 aliphatic heterocycles. The largest absolute Gasteiger partial charge is 0.478 e. The Morgan fingerprint density at radius 1 is 1.11 bits per heavy atom. The van der Waals surface area contributed by atoms with Crippen LogP contribution in [0.5, 0.6) is 11.5 Å².